The molecule has 1 aliphatic carbocycles. The molecule has 0 saturated heterocycles. The molecule has 7 heteroatoms. The van der Waals surface area contributed by atoms with E-state index < -0.39 is 11.3 Å². The van der Waals surface area contributed by atoms with Crippen molar-refractivity contribution in [3.63, 3.8) is 0 Å². The van der Waals surface area contributed by atoms with Crippen LogP contribution in [0.25, 0.3) is 21.9 Å². The third-order valence-corrected chi connectivity index (χ3v) is 6.07. The van der Waals surface area contributed by atoms with Gasteiger partial charge in [-0.2, -0.15) is 0 Å². The maximum atomic E-state index is 13.9. The first-order valence-corrected chi connectivity index (χ1v) is 10.2. The fraction of sp³-hybridized carbons (Fsp3) is 0.320. The molecule has 2 heterocycles. The summed E-state index contributed by atoms with van der Waals surface area (Å²) in [6.07, 6.45) is 3.29. The van der Waals surface area contributed by atoms with Crippen LogP contribution in [-0.4, -0.2) is 25.8 Å². The van der Waals surface area contributed by atoms with Crippen LogP contribution >= 0.6 is 0 Å². The molecule has 0 bridgehead atoms. The van der Waals surface area contributed by atoms with E-state index in [4.69, 9.17) is 18.3 Å². The zero-order chi connectivity index (χ0) is 23.3. The Morgan fingerprint density at radius 1 is 0.938 bits per heavy atom. The molecule has 2 aromatic heterocycles. The Bertz CT molecular complexity index is 1380. The molecule has 1 aromatic carbocycles. The molecular formula is C25H24O7. The van der Waals surface area contributed by atoms with E-state index in [2.05, 4.69) is 0 Å². The Hall–Kier alpha value is -3.61. The summed E-state index contributed by atoms with van der Waals surface area (Å²) in [5.41, 5.74) is 2.94. The predicted octanol–water partition coefficient (Wildman–Crippen LogP) is 4.85. The molecule has 166 valence electrons. The van der Waals surface area contributed by atoms with Gasteiger partial charge in [0.15, 0.2) is 22.7 Å². The Morgan fingerprint density at radius 2 is 1.53 bits per heavy atom. The smallest absolute Gasteiger partial charge is 0.206 e. The lowest BCUT2D eigenvalue weighted by Gasteiger charge is -2.29. The number of ether oxygens (including phenoxy) is 2. The molecule has 4 rings (SSSR count). The number of furan rings is 1. The quantitative estimate of drug-likeness (QED) is 0.564. The zero-order valence-corrected chi connectivity index (χ0v) is 18.9. The van der Waals surface area contributed by atoms with Gasteiger partial charge in [-0.3, -0.25) is 14.4 Å². The van der Waals surface area contributed by atoms with Gasteiger partial charge in [0.2, 0.25) is 11.2 Å². The van der Waals surface area contributed by atoms with Gasteiger partial charge in [-0.05, 0) is 40.2 Å². The van der Waals surface area contributed by atoms with E-state index in [1.54, 1.807) is 6.07 Å². The van der Waals surface area contributed by atoms with Crippen molar-refractivity contribution >= 4 is 33.5 Å². The summed E-state index contributed by atoms with van der Waals surface area (Å²) in [6.45, 7) is 6.61. The minimum absolute atomic E-state index is 0.169. The molecule has 0 N–H and O–H groups in total. The van der Waals surface area contributed by atoms with Crippen molar-refractivity contribution in [1.82, 2.24) is 0 Å². The number of rotatable bonds is 5. The molecule has 0 amide bonds. The van der Waals surface area contributed by atoms with Crippen LogP contribution in [0, 0.1) is 0 Å². The van der Waals surface area contributed by atoms with Crippen molar-refractivity contribution in [1.29, 1.82) is 0 Å². The number of methoxy groups -OCH3 is 2. The van der Waals surface area contributed by atoms with Crippen molar-refractivity contribution < 1.29 is 27.9 Å². The minimum atomic E-state index is -0.810. The molecule has 0 radical (unpaired) electrons. The van der Waals surface area contributed by atoms with E-state index in [1.165, 1.54) is 40.6 Å². The largest absolute Gasteiger partial charge is 0.495 e. The third-order valence-electron chi connectivity index (χ3n) is 6.07. The fourth-order valence-electron chi connectivity index (χ4n) is 4.90. The summed E-state index contributed by atoms with van der Waals surface area (Å²) in [6, 6.07) is 1.68. The second kappa shape index (κ2) is 7.82. The standard InChI is InChI=1S/C25H24O7/c1-11-9-12(2)18(14(4)27)19(17(11)13(3)26)16-10-32-24-20(21(16)28)22(29-5)15-7-8-31-23(15)25(24)30-6/h7-8,10,19H,9H2,1-6H3. The maximum Gasteiger partial charge on any atom is 0.206 e. The highest BCUT2D eigenvalue weighted by atomic mass is 16.5. The van der Waals surface area contributed by atoms with Gasteiger partial charge in [-0.1, -0.05) is 11.1 Å². The first kappa shape index (κ1) is 21.6. The highest BCUT2D eigenvalue weighted by Gasteiger charge is 2.36. The van der Waals surface area contributed by atoms with E-state index in [1.807, 2.05) is 13.8 Å². The summed E-state index contributed by atoms with van der Waals surface area (Å²) in [5.74, 6) is -0.632. The number of hydrogen-bond donors (Lipinski definition) is 0. The molecule has 32 heavy (non-hydrogen) atoms. The van der Waals surface area contributed by atoms with Crippen molar-refractivity contribution in [2.45, 2.75) is 40.0 Å². The van der Waals surface area contributed by atoms with E-state index in [0.29, 0.717) is 28.5 Å². The van der Waals surface area contributed by atoms with Crippen LogP contribution in [0.15, 0.2) is 54.5 Å². The Balaban J connectivity index is 2.15. The van der Waals surface area contributed by atoms with Gasteiger partial charge in [-0.25, -0.2) is 0 Å². The van der Waals surface area contributed by atoms with E-state index in [0.717, 1.165) is 11.1 Å². The second-order valence-electron chi connectivity index (χ2n) is 8.06. The Morgan fingerprint density at radius 3 is 2.06 bits per heavy atom. The Kier molecular flexibility index (Phi) is 5.28. The van der Waals surface area contributed by atoms with Gasteiger partial charge in [0.05, 0.1) is 32.1 Å². The number of benzene rings is 1. The summed E-state index contributed by atoms with van der Waals surface area (Å²) in [5, 5.41) is 0.726. The lowest BCUT2D eigenvalue weighted by Crippen LogP contribution is -2.26. The number of ketones is 2. The number of hydrogen-bond acceptors (Lipinski definition) is 7. The molecular weight excluding hydrogens is 412 g/mol. The topological polar surface area (TPSA) is 96.0 Å². The van der Waals surface area contributed by atoms with Crippen LogP contribution in [0.4, 0.5) is 0 Å². The van der Waals surface area contributed by atoms with Crippen LogP contribution in [0.2, 0.25) is 0 Å². The zero-order valence-electron chi connectivity index (χ0n) is 18.9. The van der Waals surface area contributed by atoms with Crippen molar-refractivity contribution in [3.05, 3.63) is 56.7 Å². The van der Waals surface area contributed by atoms with Crippen molar-refractivity contribution in [2.75, 3.05) is 14.2 Å². The lowest BCUT2D eigenvalue weighted by molar-refractivity contribution is -0.114. The van der Waals surface area contributed by atoms with Gasteiger partial charge in [0.25, 0.3) is 0 Å². The highest BCUT2D eigenvalue weighted by Crippen LogP contribution is 2.45. The van der Waals surface area contributed by atoms with Crippen LogP contribution in [0.1, 0.15) is 45.6 Å². The summed E-state index contributed by atoms with van der Waals surface area (Å²) in [7, 11) is 2.91. The van der Waals surface area contributed by atoms with Gasteiger partial charge < -0.3 is 18.3 Å². The van der Waals surface area contributed by atoms with Crippen molar-refractivity contribution in [2.24, 2.45) is 0 Å². The number of carbonyl (C=O) groups excluding carboxylic acids is 2. The average molecular weight is 436 g/mol. The molecule has 3 aromatic rings. The minimum Gasteiger partial charge on any atom is -0.495 e. The third kappa shape index (κ3) is 2.99. The predicted molar refractivity (Wildman–Crippen MR) is 119 cm³/mol. The number of carbonyl (C=O) groups is 2. The second-order valence-corrected chi connectivity index (χ2v) is 8.06. The van der Waals surface area contributed by atoms with Crippen molar-refractivity contribution in [3.8, 4) is 11.5 Å². The molecule has 7 nitrogen and oxygen atoms in total. The van der Waals surface area contributed by atoms with Crippen LogP contribution in [0.5, 0.6) is 11.5 Å². The fourth-order valence-corrected chi connectivity index (χ4v) is 4.90. The monoisotopic (exact) mass is 436 g/mol. The summed E-state index contributed by atoms with van der Waals surface area (Å²) >= 11 is 0. The molecule has 0 atom stereocenters. The summed E-state index contributed by atoms with van der Waals surface area (Å²) in [4.78, 5) is 39.1. The number of fused-ring (bicyclic) bond motifs is 2. The SMILES string of the molecule is COc1c2occc2c(OC)c2c(=O)c(C3C(C(C)=O)=C(C)CC(C)=C3C(C)=O)coc12. The van der Waals surface area contributed by atoms with Crippen LogP contribution in [-0.2, 0) is 9.59 Å². The van der Waals surface area contributed by atoms with Crippen LogP contribution < -0.4 is 14.9 Å². The molecule has 0 unspecified atom stereocenters. The van der Waals surface area contributed by atoms with E-state index in [-0.39, 0.29) is 39.6 Å². The Labute approximate surface area is 184 Å². The average Bonchev–Trinajstić information content (AvgIpc) is 3.20. The normalized spacial score (nSPS) is 15.1. The molecule has 0 fully saturated rings. The first-order chi connectivity index (χ1) is 15.2. The molecule has 0 aliphatic heterocycles. The van der Waals surface area contributed by atoms with E-state index >= 15 is 0 Å². The van der Waals surface area contributed by atoms with Crippen LogP contribution in [0.3, 0.4) is 0 Å². The molecule has 0 saturated carbocycles. The molecule has 0 spiro atoms. The summed E-state index contributed by atoms with van der Waals surface area (Å²) < 4.78 is 22.5. The van der Waals surface area contributed by atoms with Gasteiger partial charge >= 0.3 is 0 Å². The first-order valence-electron chi connectivity index (χ1n) is 10.2. The van der Waals surface area contributed by atoms with E-state index in [9.17, 15) is 14.4 Å². The lowest BCUT2D eigenvalue weighted by atomic mass is 9.73. The number of Topliss-reactive ketones (excluding diaryl/α,β-unsaturated/α-hetero) is 2. The highest BCUT2D eigenvalue weighted by molar-refractivity contribution is 6.08. The number of allylic oxidation sites excluding steroid dienone is 4. The van der Waals surface area contributed by atoms with Gasteiger partial charge in [0, 0.05) is 22.6 Å². The van der Waals surface area contributed by atoms with Gasteiger partial charge in [-0.15, -0.1) is 0 Å². The molecule has 1 aliphatic rings. The maximum absolute atomic E-state index is 13.9. The van der Waals surface area contributed by atoms with Gasteiger partial charge in [0.1, 0.15) is 11.1 Å².